The van der Waals surface area contributed by atoms with Gasteiger partial charge < -0.3 is 5.73 Å². The van der Waals surface area contributed by atoms with Crippen molar-refractivity contribution in [2.24, 2.45) is 0 Å². The van der Waals surface area contributed by atoms with Crippen LogP contribution in [-0.4, -0.2) is 9.78 Å². The molecule has 0 aliphatic carbocycles. The number of rotatable bonds is 2. The normalized spacial score (nSPS) is 10.7. The van der Waals surface area contributed by atoms with Gasteiger partial charge in [0, 0.05) is 11.1 Å². The molecule has 0 saturated carbocycles. The monoisotopic (exact) mass is 263 g/mol. The number of nitrogens with two attached hydrogens (primary N) is 1. The van der Waals surface area contributed by atoms with Crippen molar-refractivity contribution in [2.75, 3.05) is 5.73 Å². The van der Waals surface area contributed by atoms with Crippen LogP contribution in [0.4, 0.5) is 5.82 Å². The van der Waals surface area contributed by atoms with E-state index in [9.17, 15) is 0 Å². The number of nitrogens with zero attached hydrogens (tertiary/aromatic N) is 2. The van der Waals surface area contributed by atoms with Gasteiger partial charge in [0.05, 0.1) is 11.4 Å². The predicted octanol–water partition coefficient (Wildman–Crippen LogP) is 3.74. The minimum Gasteiger partial charge on any atom is -0.383 e. The molecular formula is C17H17N3. The van der Waals surface area contributed by atoms with E-state index in [1.807, 2.05) is 37.3 Å². The summed E-state index contributed by atoms with van der Waals surface area (Å²) in [6, 6.07) is 18.3. The molecule has 0 radical (unpaired) electrons. The molecule has 3 aromatic rings. The molecule has 0 amide bonds. The second-order valence-electron chi connectivity index (χ2n) is 4.97. The van der Waals surface area contributed by atoms with Crippen molar-refractivity contribution >= 4 is 5.82 Å². The quantitative estimate of drug-likeness (QED) is 0.765. The number of anilines is 1. The van der Waals surface area contributed by atoms with Crippen LogP contribution in [0.2, 0.25) is 0 Å². The van der Waals surface area contributed by atoms with E-state index >= 15 is 0 Å². The zero-order valence-corrected chi connectivity index (χ0v) is 11.7. The van der Waals surface area contributed by atoms with Gasteiger partial charge in [-0.05, 0) is 26.0 Å². The topological polar surface area (TPSA) is 43.8 Å². The smallest absolute Gasteiger partial charge is 0.130 e. The van der Waals surface area contributed by atoms with Gasteiger partial charge in [-0.15, -0.1) is 0 Å². The van der Waals surface area contributed by atoms with Gasteiger partial charge in [-0.25, -0.2) is 4.68 Å². The molecule has 100 valence electrons. The zero-order chi connectivity index (χ0) is 14.1. The Balaban J connectivity index is 2.13. The van der Waals surface area contributed by atoms with Crippen LogP contribution in [-0.2, 0) is 0 Å². The Morgan fingerprint density at radius 2 is 1.55 bits per heavy atom. The summed E-state index contributed by atoms with van der Waals surface area (Å²) in [4.78, 5) is 0. The van der Waals surface area contributed by atoms with Crippen molar-refractivity contribution in [3.05, 3.63) is 65.7 Å². The average Bonchev–Trinajstić information content (AvgIpc) is 2.77. The fourth-order valence-corrected chi connectivity index (χ4v) is 2.26. The fraction of sp³-hybridized carbons (Fsp3) is 0.118. The summed E-state index contributed by atoms with van der Waals surface area (Å²) < 4.78 is 1.80. The van der Waals surface area contributed by atoms with Crippen LogP contribution in [0, 0.1) is 13.8 Å². The molecule has 0 fully saturated rings. The van der Waals surface area contributed by atoms with Crippen molar-refractivity contribution in [3.8, 4) is 16.9 Å². The molecule has 3 rings (SSSR count). The highest BCUT2D eigenvalue weighted by Gasteiger charge is 2.14. The predicted molar refractivity (Wildman–Crippen MR) is 82.9 cm³/mol. The summed E-state index contributed by atoms with van der Waals surface area (Å²) in [7, 11) is 0. The Kier molecular flexibility index (Phi) is 3.03. The Bertz CT molecular complexity index is 725. The molecule has 0 bridgehead atoms. The van der Waals surface area contributed by atoms with E-state index in [1.165, 1.54) is 5.56 Å². The molecule has 2 aromatic carbocycles. The molecule has 0 aliphatic rings. The molecule has 0 saturated heterocycles. The number of hydrogen-bond donors (Lipinski definition) is 1. The third-order valence-electron chi connectivity index (χ3n) is 3.49. The Hall–Kier alpha value is -2.55. The lowest BCUT2D eigenvalue weighted by atomic mass is 10.1. The lowest BCUT2D eigenvalue weighted by Crippen LogP contribution is -2.01. The molecule has 3 nitrogen and oxygen atoms in total. The summed E-state index contributed by atoms with van der Waals surface area (Å²) in [5.74, 6) is 0.687. The third kappa shape index (κ3) is 2.07. The summed E-state index contributed by atoms with van der Waals surface area (Å²) in [5, 5.41) is 4.67. The molecule has 1 heterocycles. The average molecular weight is 263 g/mol. The van der Waals surface area contributed by atoms with Gasteiger partial charge in [-0.2, -0.15) is 5.10 Å². The van der Waals surface area contributed by atoms with Crippen molar-refractivity contribution in [1.29, 1.82) is 0 Å². The molecule has 0 aliphatic heterocycles. The number of nitrogen functional groups attached to an aromatic ring is 1. The standard InChI is InChI=1S/C17H17N3/c1-12-8-10-14(11-9-12)16-13(2)17(18)20(19-16)15-6-4-3-5-7-15/h3-11H,18H2,1-2H3. The summed E-state index contributed by atoms with van der Waals surface area (Å²) in [6.45, 7) is 4.09. The Labute approximate surface area is 118 Å². The molecule has 2 N–H and O–H groups in total. The molecule has 0 unspecified atom stereocenters. The fourth-order valence-electron chi connectivity index (χ4n) is 2.26. The van der Waals surface area contributed by atoms with Gasteiger partial charge in [-0.1, -0.05) is 48.0 Å². The first-order chi connectivity index (χ1) is 9.66. The maximum atomic E-state index is 6.20. The second kappa shape index (κ2) is 4.85. The van der Waals surface area contributed by atoms with Crippen molar-refractivity contribution in [1.82, 2.24) is 9.78 Å². The minimum atomic E-state index is 0.687. The van der Waals surface area contributed by atoms with Gasteiger partial charge >= 0.3 is 0 Å². The highest BCUT2D eigenvalue weighted by molar-refractivity contribution is 5.69. The zero-order valence-electron chi connectivity index (χ0n) is 11.7. The van der Waals surface area contributed by atoms with Crippen LogP contribution >= 0.6 is 0 Å². The number of para-hydroxylation sites is 1. The Morgan fingerprint density at radius 1 is 0.900 bits per heavy atom. The summed E-state index contributed by atoms with van der Waals surface area (Å²) in [6.07, 6.45) is 0. The van der Waals surface area contributed by atoms with E-state index < -0.39 is 0 Å². The molecule has 20 heavy (non-hydrogen) atoms. The molecule has 1 aromatic heterocycles. The van der Waals surface area contributed by atoms with Crippen LogP contribution in [0.5, 0.6) is 0 Å². The van der Waals surface area contributed by atoms with Crippen molar-refractivity contribution in [2.45, 2.75) is 13.8 Å². The van der Waals surface area contributed by atoms with Crippen LogP contribution in [0.1, 0.15) is 11.1 Å². The molecule has 0 spiro atoms. The van der Waals surface area contributed by atoms with E-state index in [0.29, 0.717) is 5.82 Å². The Morgan fingerprint density at radius 3 is 2.20 bits per heavy atom. The lowest BCUT2D eigenvalue weighted by molar-refractivity contribution is 0.895. The number of aryl methyl sites for hydroxylation is 1. The van der Waals surface area contributed by atoms with E-state index in [0.717, 1.165) is 22.5 Å². The lowest BCUT2D eigenvalue weighted by Gasteiger charge is -2.02. The first-order valence-electron chi connectivity index (χ1n) is 6.64. The van der Waals surface area contributed by atoms with Gasteiger partial charge in [0.2, 0.25) is 0 Å². The van der Waals surface area contributed by atoms with Crippen LogP contribution in [0.3, 0.4) is 0 Å². The highest BCUT2D eigenvalue weighted by atomic mass is 15.3. The second-order valence-corrected chi connectivity index (χ2v) is 4.97. The van der Waals surface area contributed by atoms with Gasteiger partial charge in [0.15, 0.2) is 0 Å². The van der Waals surface area contributed by atoms with Crippen LogP contribution < -0.4 is 5.73 Å². The minimum absolute atomic E-state index is 0.687. The van der Waals surface area contributed by atoms with Crippen molar-refractivity contribution < 1.29 is 0 Å². The van der Waals surface area contributed by atoms with E-state index in [1.54, 1.807) is 4.68 Å². The largest absolute Gasteiger partial charge is 0.383 e. The van der Waals surface area contributed by atoms with Crippen molar-refractivity contribution in [3.63, 3.8) is 0 Å². The summed E-state index contributed by atoms with van der Waals surface area (Å²) >= 11 is 0. The maximum absolute atomic E-state index is 6.20. The van der Waals surface area contributed by atoms with Gasteiger partial charge in [-0.3, -0.25) is 0 Å². The molecule has 0 atom stereocenters. The van der Waals surface area contributed by atoms with Crippen LogP contribution in [0.15, 0.2) is 54.6 Å². The molecule has 3 heteroatoms. The summed E-state index contributed by atoms with van der Waals surface area (Å²) in [5.41, 5.74) is 11.5. The van der Waals surface area contributed by atoms with E-state index in [-0.39, 0.29) is 0 Å². The maximum Gasteiger partial charge on any atom is 0.130 e. The van der Waals surface area contributed by atoms with Gasteiger partial charge in [0.25, 0.3) is 0 Å². The number of aromatic nitrogens is 2. The first-order valence-corrected chi connectivity index (χ1v) is 6.64. The van der Waals surface area contributed by atoms with E-state index in [2.05, 4.69) is 36.3 Å². The van der Waals surface area contributed by atoms with Gasteiger partial charge in [0.1, 0.15) is 5.82 Å². The molecular weight excluding hydrogens is 246 g/mol. The number of benzene rings is 2. The first kappa shape index (κ1) is 12.5. The van der Waals surface area contributed by atoms with Crippen LogP contribution in [0.25, 0.3) is 16.9 Å². The highest BCUT2D eigenvalue weighted by Crippen LogP contribution is 2.28. The SMILES string of the molecule is Cc1ccc(-c2nn(-c3ccccc3)c(N)c2C)cc1. The third-order valence-corrected chi connectivity index (χ3v) is 3.49. The van der Waals surface area contributed by atoms with E-state index in [4.69, 9.17) is 5.73 Å². The number of hydrogen-bond acceptors (Lipinski definition) is 2.